The van der Waals surface area contributed by atoms with Crippen molar-refractivity contribution in [2.24, 2.45) is 5.73 Å². The van der Waals surface area contributed by atoms with E-state index in [9.17, 15) is 4.79 Å². The largest absolute Gasteiger partial charge is 0.396 e. The summed E-state index contributed by atoms with van der Waals surface area (Å²) >= 11 is 0. The third-order valence-corrected chi connectivity index (χ3v) is 1.42. The maximum Gasteiger partial charge on any atom is 0.239 e. The van der Waals surface area contributed by atoms with E-state index in [0.29, 0.717) is 13.0 Å². The van der Waals surface area contributed by atoms with Crippen LogP contribution in [0.15, 0.2) is 0 Å². The average molecular weight is 176 g/mol. The van der Waals surface area contributed by atoms with Gasteiger partial charge in [-0.2, -0.15) is 0 Å². The van der Waals surface area contributed by atoms with Crippen LogP contribution in [-0.4, -0.2) is 41.9 Å². The number of amides is 1. The van der Waals surface area contributed by atoms with E-state index in [-0.39, 0.29) is 19.1 Å². The monoisotopic (exact) mass is 176 g/mol. The van der Waals surface area contributed by atoms with Crippen LogP contribution in [0.1, 0.15) is 12.8 Å². The van der Waals surface area contributed by atoms with Gasteiger partial charge in [0.2, 0.25) is 5.91 Å². The van der Waals surface area contributed by atoms with Crippen LogP contribution in [0.25, 0.3) is 0 Å². The molecule has 72 valence electrons. The summed E-state index contributed by atoms with van der Waals surface area (Å²) in [6.07, 6.45) is 1.38. The highest BCUT2D eigenvalue weighted by Crippen LogP contribution is 1.84. The molecule has 0 aliphatic heterocycles. The second-order valence-electron chi connectivity index (χ2n) is 2.51. The van der Waals surface area contributed by atoms with Crippen LogP contribution in [0.5, 0.6) is 0 Å². The fraction of sp³-hybridized carbons (Fsp3) is 0.857. The van der Waals surface area contributed by atoms with Crippen LogP contribution in [0.4, 0.5) is 0 Å². The first-order valence-corrected chi connectivity index (χ1v) is 3.97. The molecule has 0 fully saturated rings. The van der Waals surface area contributed by atoms with E-state index in [4.69, 9.17) is 15.9 Å². The maximum atomic E-state index is 10.9. The minimum Gasteiger partial charge on any atom is -0.396 e. The van der Waals surface area contributed by atoms with Crippen molar-refractivity contribution in [1.82, 2.24) is 5.32 Å². The van der Waals surface area contributed by atoms with Crippen molar-refractivity contribution in [1.29, 1.82) is 0 Å². The summed E-state index contributed by atoms with van der Waals surface area (Å²) in [4.78, 5) is 10.9. The number of hydrogen-bond acceptors (Lipinski definition) is 4. The molecule has 1 amide bonds. The van der Waals surface area contributed by atoms with Gasteiger partial charge in [0.1, 0.15) is 6.04 Å². The number of nitrogens with two attached hydrogens (primary N) is 1. The molecule has 5 heteroatoms. The molecule has 0 aliphatic rings. The first kappa shape index (κ1) is 11.4. The molecule has 0 bridgehead atoms. The summed E-state index contributed by atoms with van der Waals surface area (Å²) in [5.74, 6) is -0.351. The van der Waals surface area contributed by atoms with Gasteiger partial charge in [0.15, 0.2) is 0 Å². The van der Waals surface area contributed by atoms with E-state index in [0.717, 1.165) is 6.42 Å². The van der Waals surface area contributed by atoms with Gasteiger partial charge >= 0.3 is 0 Å². The van der Waals surface area contributed by atoms with Crippen LogP contribution in [0, 0.1) is 0 Å². The molecule has 0 rings (SSSR count). The molecular formula is C7H16N2O3. The fourth-order valence-electron chi connectivity index (χ4n) is 0.662. The fourth-order valence-corrected chi connectivity index (χ4v) is 0.662. The number of rotatable bonds is 6. The molecule has 0 saturated heterocycles. The van der Waals surface area contributed by atoms with E-state index in [1.165, 1.54) is 0 Å². The van der Waals surface area contributed by atoms with Crippen LogP contribution >= 0.6 is 0 Å². The number of carbonyl (C=O) groups excluding carboxylic acids is 1. The minimum absolute atomic E-state index is 0.127. The van der Waals surface area contributed by atoms with E-state index in [1.54, 1.807) is 0 Å². The van der Waals surface area contributed by atoms with Crippen LogP contribution in [0.3, 0.4) is 0 Å². The lowest BCUT2D eigenvalue weighted by atomic mass is 10.3. The summed E-state index contributed by atoms with van der Waals surface area (Å²) in [5.41, 5.74) is 5.22. The molecular weight excluding hydrogens is 160 g/mol. The van der Waals surface area contributed by atoms with Gasteiger partial charge in [-0.25, -0.2) is 0 Å². The second-order valence-corrected chi connectivity index (χ2v) is 2.51. The van der Waals surface area contributed by atoms with Gasteiger partial charge in [0.25, 0.3) is 0 Å². The van der Waals surface area contributed by atoms with E-state index >= 15 is 0 Å². The molecule has 0 unspecified atom stereocenters. The molecule has 0 aliphatic carbocycles. The smallest absolute Gasteiger partial charge is 0.239 e. The molecule has 0 aromatic rings. The first-order valence-electron chi connectivity index (χ1n) is 3.97. The van der Waals surface area contributed by atoms with Crippen LogP contribution in [-0.2, 0) is 4.79 Å². The van der Waals surface area contributed by atoms with Gasteiger partial charge in [0, 0.05) is 13.2 Å². The van der Waals surface area contributed by atoms with Crippen LogP contribution < -0.4 is 11.1 Å². The number of nitrogens with one attached hydrogen (secondary N) is 1. The summed E-state index contributed by atoms with van der Waals surface area (Å²) in [6.45, 7) is 0.279. The average Bonchev–Trinajstić information content (AvgIpc) is 2.10. The zero-order valence-electron chi connectivity index (χ0n) is 6.99. The number of carbonyl (C=O) groups is 1. The molecule has 0 aromatic heterocycles. The summed E-state index contributed by atoms with van der Waals surface area (Å²) in [7, 11) is 0. The Hall–Kier alpha value is -0.650. The maximum absolute atomic E-state index is 10.9. The molecule has 5 nitrogen and oxygen atoms in total. The molecule has 0 heterocycles. The zero-order valence-corrected chi connectivity index (χ0v) is 6.99. The highest BCUT2D eigenvalue weighted by Gasteiger charge is 2.09. The van der Waals surface area contributed by atoms with E-state index in [2.05, 4.69) is 5.32 Å². The van der Waals surface area contributed by atoms with Crippen molar-refractivity contribution in [3.8, 4) is 0 Å². The molecule has 0 radical (unpaired) electrons. The topological polar surface area (TPSA) is 95.6 Å². The minimum atomic E-state index is -0.834. The van der Waals surface area contributed by atoms with Crippen molar-refractivity contribution in [2.45, 2.75) is 18.9 Å². The van der Waals surface area contributed by atoms with Crippen molar-refractivity contribution >= 4 is 5.91 Å². The Morgan fingerprint density at radius 2 is 2.08 bits per heavy atom. The van der Waals surface area contributed by atoms with Crippen molar-refractivity contribution in [2.75, 3.05) is 19.8 Å². The highest BCUT2D eigenvalue weighted by molar-refractivity contribution is 5.81. The Morgan fingerprint density at radius 3 is 2.58 bits per heavy atom. The lowest BCUT2D eigenvalue weighted by molar-refractivity contribution is -0.123. The Balaban J connectivity index is 3.31. The predicted octanol–water partition coefficient (Wildman–Crippen LogP) is -1.81. The van der Waals surface area contributed by atoms with Gasteiger partial charge in [-0.15, -0.1) is 0 Å². The van der Waals surface area contributed by atoms with Crippen LogP contribution in [0.2, 0.25) is 0 Å². The molecule has 0 aromatic carbocycles. The number of aliphatic hydroxyl groups excluding tert-OH is 2. The highest BCUT2D eigenvalue weighted by atomic mass is 16.3. The quantitative estimate of drug-likeness (QED) is 0.359. The molecule has 12 heavy (non-hydrogen) atoms. The van der Waals surface area contributed by atoms with Gasteiger partial charge in [0.05, 0.1) is 6.61 Å². The van der Waals surface area contributed by atoms with Crippen molar-refractivity contribution in [3.63, 3.8) is 0 Å². The molecule has 1 atom stereocenters. The summed E-state index contributed by atoms with van der Waals surface area (Å²) in [5, 5.41) is 19.4. The van der Waals surface area contributed by atoms with E-state index < -0.39 is 6.04 Å². The van der Waals surface area contributed by atoms with Gasteiger partial charge in [-0.05, 0) is 12.8 Å². The lowest BCUT2D eigenvalue weighted by Crippen LogP contribution is -2.43. The second kappa shape index (κ2) is 7.02. The van der Waals surface area contributed by atoms with Gasteiger partial charge in [-0.3, -0.25) is 4.79 Å². The van der Waals surface area contributed by atoms with Crippen molar-refractivity contribution in [3.05, 3.63) is 0 Å². The van der Waals surface area contributed by atoms with Gasteiger partial charge < -0.3 is 21.3 Å². The third-order valence-electron chi connectivity index (χ3n) is 1.42. The van der Waals surface area contributed by atoms with E-state index in [1.807, 2.05) is 0 Å². The molecule has 0 saturated carbocycles. The first-order chi connectivity index (χ1) is 5.72. The standard InChI is InChI=1S/C7H16N2O3/c8-6(5-11)7(12)9-3-1-2-4-10/h6,10-11H,1-5,8H2,(H,9,12)/t6-/m0/s1. The Labute approximate surface area is 71.6 Å². The van der Waals surface area contributed by atoms with Crippen molar-refractivity contribution < 1.29 is 15.0 Å². The Kier molecular flexibility index (Phi) is 6.64. The number of aliphatic hydroxyl groups is 2. The molecule has 0 spiro atoms. The summed E-state index contributed by atoms with van der Waals surface area (Å²) < 4.78 is 0. The zero-order chi connectivity index (χ0) is 9.40. The normalized spacial score (nSPS) is 12.6. The van der Waals surface area contributed by atoms with Gasteiger partial charge in [-0.1, -0.05) is 0 Å². The Morgan fingerprint density at radius 1 is 1.42 bits per heavy atom. The number of unbranched alkanes of at least 4 members (excludes halogenated alkanes) is 1. The molecule has 5 N–H and O–H groups in total. The SMILES string of the molecule is N[C@@H](CO)C(=O)NCCCCO. The number of hydrogen-bond donors (Lipinski definition) is 4. The Bertz CT molecular complexity index is 130. The third kappa shape index (κ3) is 5.06. The predicted molar refractivity (Wildman–Crippen MR) is 44.4 cm³/mol. The summed E-state index contributed by atoms with van der Waals surface area (Å²) in [6, 6.07) is -0.834. The lowest BCUT2D eigenvalue weighted by Gasteiger charge is -2.08.